The third-order valence-electron chi connectivity index (χ3n) is 2.59. The Morgan fingerprint density at radius 2 is 1.65 bits per heavy atom. The minimum Gasteiger partial charge on any atom is -0.496 e. The molecule has 0 aliphatic heterocycles. The van der Waals surface area contributed by atoms with Gasteiger partial charge in [0.2, 0.25) is 0 Å². The van der Waals surface area contributed by atoms with Crippen molar-refractivity contribution in [2.24, 2.45) is 0 Å². The molecule has 0 radical (unpaired) electrons. The van der Waals surface area contributed by atoms with Crippen LogP contribution in [-0.2, 0) is 0 Å². The first-order valence-corrected chi connectivity index (χ1v) is 5.38. The van der Waals surface area contributed by atoms with Crippen LogP contribution in [0.3, 0.4) is 0 Å². The van der Waals surface area contributed by atoms with Crippen molar-refractivity contribution in [2.75, 3.05) is 21.3 Å². The minimum atomic E-state index is 0.161. The highest BCUT2D eigenvalue weighted by atomic mass is 16.5. The number of hydrogen-bond acceptors (Lipinski definition) is 4. The monoisotopic (exact) mass is 238 g/mol. The lowest BCUT2D eigenvalue weighted by Crippen LogP contribution is -2.04. The van der Waals surface area contributed by atoms with E-state index in [1.165, 1.54) is 0 Å². The van der Waals surface area contributed by atoms with Crippen molar-refractivity contribution < 1.29 is 19.0 Å². The Bertz CT molecular complexity index is 410. The summed E-state index contributed by atoms with van der Waals surface area (Å²) in [6.07, 6.45) is 0.757. The molecule has 0 amide bonds. The predicted molar refractivity (Wildman–Crippen MR) is 65.6 cm³/mol. The highest BCUT2D eigenvalue weighted by Gasteiger charge is 2.22. The molecule has 0 atom stereocenters. The SMILES string of the molecule is COc1cc(C=O)c(OC)c(C(C)C)c1OC. The van der Waals surface area contributed by atoms with Gasteiger partial charge >= 0.3 is 0 Å². The second-order valence-corrected chi connectivity index (χ2v) is 3.92. The van der Waals surface area contributed by atoms with Crippen molar-refractivity contribution in [2.45, 2.75) is 19.8 Å². The maximum atomic E-state index is 11.1. The summed E-state index contributed by atoms with van der Waals surface area (Å²) in [7, 11) is 4.66. The Morgan fingerprint density at radius 1 is 1.06 bits per heavy atom. The summed E-state index contributed by atoms with van der Waals surface area (Å²) < 4.78 is 15.9. The summed E-state index contributed by atoms with van der Waals surface area (Å²) in [6, 6.07) is 1.62. The van der Waals surface area contributed by atoms with Gasteiger partial charge < -0.3 is 14.2 Å². The Hall–Kier alpha value is -1.71. The predicted octanol–water partition coefficient (Wildman–Crippen LogP) is 2.65. The Morgan fingerprint density at radius 3 is 2.00 bits per heavy atom. The molecule has 0 aliphatic carbocycles. The summed E-state index contributed by atoms with van der Waals surface area (Å²) in [6.45, 7) is 4.02. The molecule has 1 aromatic carbocycles. The van der Waals surface area contributed by atoms with Crippen LogP contribution in [0.1, 0.15) is 35.7 Å². The van der Waals surface area contributed by atoms with E-state index in [0.717, 1.165) is 11.8 Å². The van der Waals surface area contributed by atoms with Gasteiger partial charge in [0.15, 0.2) is 17.8 Å². The molecule has 0 saturated heterocycles. The molecule has 0 heterocycles. The van der Waals surface area contributed by atoms with E-state index >= 15 is 0 Å². The second kappa shape index (κ2) is 5.57. The smallest absolute Gasteiger partial charge is 0.167 e. The fraction of sp³-hybridized carbons (Fsp3) is 0.462. The number of methoxy groups -OCH3 is 3. The standard InChI is InChI=1S/C13H18O4/c1-8(2)11-12(16-4)9(7-14)6-10(15-3)13(11)17-5/h6-8H,1-5H3. The van der Waals surface area contributed by atoms with Crippen LogP contribution in [0.4, 0.5) is 0 Å². The van der Waals surface area contributed by atoms with Crippen LogP contribution in [0, 0.1) is 0 Å². The summed E-state index contributed by atoms with van der Waals surface area (Å²) in [5.41, 5.74) is 1.31. The number of carbonyl (C=O) groups is 1. The van der Waals surface area contributed by atoms with Gasteiger partial charge in [-0.2, -0.15) is 0 Å². The van der Waals surface area contributed by atoms with E-state index in [0.29, 0.717) is 22.8 Å². The van der Waals surface area contributed by atoms with Crippen molar-refractivity contribution in [1.82, 2.24) is 0 Å². The normalized spacial score (nSPS) is 10.2. The Balaban J connectivity index is 3.63. The fourth-order valence-electron chi connectivity index (χ4n) is 1.87. The maximum absolute atomic E-state index is 11.1. The molecule has 0 spiro atoms. The molecule has 0 bridgehead atoms. The third-order valence-corrected chi connectivity index (χ3v) is 2.59. The van der Waals surface area contributed by atoms with Crippen LogP contribution < -0.4 is 14.2 Å². The zero-order valence-electron chi connectivity index (χ0n) is 10.9. The second-order valence-electron chi connectivity index (χ2n) is 3.92. The summed E-state index contributed by atoms with van der Waals surface area (Å²) in [5.74, 6) is 1.87. The van der Waals surface area contributed by atoms with Gasteiger partial charge in [-0.05, 0) is 12.0 Å². The summed E-state index contributed by atoms with van der Waals surface area (Å²) in [5, 5.41) is 0. The van der Waals surface area contributed by atoms with Crippen LogP contribution >= 0.6 is 0 Å². The molecule has 0 unspecified atom stereocenters. The van der Waals surface area contributed by atoms with Gasteiger partial charge in [-0.25, -0.2) is 0 Å². The molecule has 17 heavy (non-hydrogen) atoms. The fourth-order valence-corrected chi connectivity index (χ4v) is 1.87. The molecule has 0 N–H and O–H groups in total. The van der Waals surface area contributed by atoms with E-state index in [1.54, 1.807) is 27.4 Å². The van der Waals surface area contributed by atoms with E-state index in [1.807, 2.05) is 13.8 Å². The summed E-state index contributed by atoms with van der Waals surface area (Å²) in [4.78, 5) is 11.1. The minimum absolute atomic E-state index is 0.161. The van der Waals surface area contributed by atoms with E-state index in [9.17, 15) is 4.79 Å². The van der Waals surface area contributed by atoms with Crippen molar-refractivity contribution in [3.63, 3.8) is 0 Å². The highest BCUT2D eigenvalue weighted by Crippen LogP contribution is 2.43. The number of carbonyl (C=O) groups excluding carboxylic acids is 1. The molecule has 4 nitrogen and oxygen atoms in total. The van der Waals surface area contributed by atoms with Crippen molar-refractivity contribution in [3.05, 3.63) is 17.2 Å². The number of ether oxygens (including phenoxy) is 3. The summed E-state index contributed by atoms with van der Waals surface area (Å²) >= 11 is 0. The van der Waals surface area contributed by atoms with Crippen LogP contribution in [-0.4, -0.2) is 27.6 Å². The quantitative estimate of drug-likeness (QED) is 0.740. The highest BCUT2D eigenvalue weighted by molar-refractivity contribution is 5.83. The van der Waals surface area contributed by atoms with Gasteiger partial charge in [0.05, 0.1) is 26.9 Å². The van der Waals surface area contributed by atoms with Gasteiger partial charge in [-0.1, -0.05) is 13.8 Å². The van der Waals surface area contributed by atoms with Crippen LogP contribution in [0.5, 0.6) is 17.2 Å². The van der Waals surface area contributed by atoms with Gasteiger partial charge in [0, 0.05) is 5.56 Å². The van der Waals surface area contributed by atoms with Gasteiger partial charge in [0.1, 0.15) is 5.75 Å². The number of rotatable bonds is 5. The van der Waals surface area contributed by atoms with Gasteiger partial charge in [0.25, 0.3) is 0 Å². The average Bonchev–Trinajstić information content (AvgIpc) is 2.35. The van der Waals surface area contributed by atoms with E-state index in [-0.39, 0.29) is 5.92 Å². The lowest BCUT2D eigenvalue weighted by atomic mass is 9.97. The molecule has 1 aromatic rings. The maximum Gasteiger partial charge on any atom is 0.167 e. The molecular formula is C13H18O4. The third kappa shape index (κ3) is 2.35. The first-order chi connectivity index (χ1) is 8.10. The molecule has 0 saturated carbocycles. The van der Waals surface area contributed by atoms with Gasteiger partial charge in [-0.15, -0.1) is 0 Å². The van der Waals surface area contributed by atoms with Gasteiger partial charge in [-0.3, -0.25) is 4.79 Å². The first kappa shape index (κ1) is 13.4. The molecule has 4 heteroatoms. The van der Waals surface area contributed by atoms with Crippen LogP contribution in [0.15, 0.2) is 6.07 Å². The lowest BCUT2D eigenvalue weighted by molar-refractivity contribution is 0.112. The van der Waals surface area contributed by atoms with Crippen LogP contribution in [0.25, 0.3) is 0 Å². The zero-order valence-corrected chi connectivity index (χ0v) is 10.9. The first-order valence-electron chi connectivity index (χ1n) is 5.38. The van der Waals surface area contributed by atoms with Crippen molar-refractivity contribution in [1.29, 1.82) is 0 Å². The number of aldehydes is 1. The van der Waals surface area contributed by atoms with Crippen molar-refractivity contribution in [3.8, 4) is 17.2 Å². The molecular weight excluding hydrogens is 220 g/mol. The van der Waals surface area contributed by atoms with E-state index < -0.39 is 0 Å². The molecule has 1 rings (SSSR count). The zero-order chi connectivity index (χ0) is 13.0. The largest absolute Gasteiger partial charge is 0.496 e. The number of benzene rings is 1. The number of hydrogen-bond donors (Lipinski definition) is 0. The van der Waals surface area contributed by atoms with E-state index in [2.05, 4.69) is 0 Å². The van der Waals surface area contributed by atoms with Crippen molar-refractivity contribution >= 4 is 6.29 Å². The topological polar surface area (TPSA) is 44.8 Å². The molecule has 94 valence electrons. The molecule has 0 aliphatic rings. The van der Waals surface area contributed by atoms with Crippen LogP contribution in [0.2, 0.25) is 0 Å². The lowest BCUT2D eigenvalue weighted by Gasteiger charge is -2.20. The Kier molecular flexibility index (Phi) is 4.37. The molecule has 0 fully saturated rings. The Labute approximate surface area is 101 Å². The molecule has 0 aromatic heterocycles. The average molecular weight is 238 g/mol. The van der Waals surface area contributed by atoms with E-state index in [4.69, 9.17) is 14.2 Å².